The summed E-state index contributed by atoms with van der Waals surface area (Å²) in [5.74, 6) is 0.970. The lowest BCUT2D eigenvalue weighted by Gasteiger charge is -2.56. The zero-order chi connectivity index (χ0) is 12.0. The van der Waals surface area contributed by atoms with Crippen LogP contribution < -0.4 is 0 Å². The minimum absolute atomic E-state index is 0.260. The van der Waals surface area contributed by atoms with E-state index < -0.39 is 8.24 Å². The molecule has 1 rings (SSSR count). The Bertz CT molecular complexity index is 265. The molecular formula is C12H25NOSi. The van der Waals surface area contributed by atoms with E-state index in [9.17, 15) is 4.79 Å². The molecule has 1 heterocycles. The standard InChI is InChI=1S/C12H25NOSi/c1-9(2)10-8-11(14)13(10)15(6,7)12(3,4)5/h9-10H,8H2,1-7H3/t10-/m1/s1. The third kappa shape index (κ3) is 1.99. The molecule has 0 aliphatic carbocycles. The Kier molecular flexibility index (Phi) is 3.07. The lowest BCUT2D eigenvalue weighted by atomic mass is 9.94. The topological polar surface area (TPSA) is 20.3 Å². The fourth-order valence-corrected chi connectivity index (χ4v) is 4.72. The zero-order valence-electron chi connectivity index (χ0n) is 11.2. The van der Waals surface area contributed by atoms with E-state index in [-0.39, 0.29) is 5.04 Å². The molecule has 1 amide bonds. The summed E-state index contributed by atoms with van der Waals surface area (Å²) in [7, 11) is -1.63. The molecule has 0 aromatic heterocycles. The fraction of sp³-hybridized carbons (Fsp3) is 0.917. The lowest BCUT2D eigenvalue weighted by Crippen LogP contribution is -2.69. The van der Waals surface area contributed by atoms with Crippen molar-refractivity contribution >= 4 is 14.1 Å². The van der Waals surface area contributed by atoms with Gasteiger partial charge in [0.1, 0.15) is 0 Å². The van der Waals surface area contributed by atoms with Crippen molar-refractivity contribution in [3.63, 3.8) is 0 Å². The Hall–Kier alpha value is -0.313. The number of hydrogen-bond donors (Lipinski definition) is 0. The predicted molar refractivity (Wildman–Crippen MR) is 67.3 cm³/mol. The minimum atomic E-state index is -1.63. The minimum Gasteiger partial charge on any atom is -0.366 e. The fourth-order valence-electron chi connectivity index (χ4n) is 2.06. The van der Waals surface area contributed by atoms with Gasteiger partial charge in [-0.15, -0.1) is 0 Å². The van der Waals surface area contributed by atoms with E-state index in [0.717, 1.165) is 6.42 Å². The van der Waals surface area contributed by atoms with Crippen LogP contribution in [0.4, 0.5) is 0 Å². The van der Waals surface area contributed by atoms with Gasteiger partial charge in [0, 0.05) is 12.5 Å². The molecule has 1 saturated heterocycles. The van der Waals surface area contributed by atoms with Gasteiger partial charge in [-0.3, -0.25) is 4.79 Å². The summed E-state index contributed by atoms with van der Waals surface area (Å²) in [4.78, 5) is 11.8. The summed E-state index contributed by atoms with van der Waals surface area (Å²) in [6.07, 6.45) is 0.768. The second-order valence-electron chi connectivity index (χ2n) is 6.59. The SMILES string of the molecule is CC(C)[C@H]1CC(=O)N1[Si](C)(C)C(C)(C)C. The maximum atomic E-state index is 11.8. The number of β-lactam (4-membered cyclic amide) rings is 1. The van der Waals surface area contributed by atoms with Crippen LogP contribution in [0.2, 0.25) is 18.1 Å². The second kappa shape index (κ2) is 3.61. The van der Waals surface area contributed by atoms with Crippen molar-refractivity contribution < 1.29 is 4.79 Å². The first-order valence-electron chi connectivity index (χ1n) is 5.91. The first-order chi connectivity index (χ1) is 6.59. The van der Waals surface area contributed by atoms with E-state index in [0.29, 0.717) is 17.9 Å². The Balaban J connectivity index is 2.91. The number of carbonyl (C=O) groups excluding carboxylic acids is 1. The normalized spacial score (nSPS) is 23.3. The number of hydrogen-bond acceptors (Lipinski definition) is 1. The third-order valence-corrected chi connectivity index (χ3v) is 9.65. The van der Waals surface area contributed by atoms with Gasteiger partial charge in [0.2, 0.25) is 5.91 Å². The molecule has 1 fully saturated rings. The Morgan fingerprint density at radius 3 is 2.07 bits per heavy atom. The molecule has 15 heavy (non-hydrogen) atoms. The highest BCUT2D eigenvalue weighted by Crippen LogP contribution is 2.44. The molecule has 2 nitrogen and oxygen atoms in total. The molecule has 0 aromatic rings. The van der Waals surface area contributed by atoms with Gasteiger partial charge < -0.3 is 4.57 Å². The monoisotopic (exact) mass is 227 g/mol. The smallest absolute Gasteiger partial charge is 0.216 e. The molecule has 0 radical (unpaired) electrons. The molecule has 0 bridgehead atoms. The van der Waals surface area contributed by atoms with Crippen molar-refractivity contribution in [3.05, 3.63) is 0 Å². The van der Waals surface area contributed by atoms with Crippen LogP contribution in [0.5, 0.6) is 0 Å². The maximum Gasteiger partial charge on any atom is 0.216 e. The molecule has 0 spiro atoms. The van der Waals surface area contributed by atoms with Crippen molar-refractivity contribution in [2.24, 2.45) is 5.92 Å². The van der Waals surface area contributed by atoms with Gasteiger partial charge in [0.15, 0.2) is 8.24 Å². The van der Waals surface area contributed by atoms with Gasteiger partial charge in [-0.05, 0) is 11.0 Å². The van der Waals surface area contributed by atoms with Gasteiger partial charge in [-0.25, -0.2) is 0 Å². The molecular weight excluding hydrogens is 202 g/mol. The average Bonchev–Trinajstić information content (AvgIpc) is 1.95. The number of nitrogens with zero attached hydrogens (tertiary/aromatic N) is 1. The van der Waals surface area contributed by atoms with Gasteiger partial charge in [-0.2, -0.15) is 0 Å². The van der Waals surface area contributed by atoms with Crippen molar-refractivity contribution in [1.29, 1.82) is 0 Å². The van der Waals surface area contributed by atoms with E-state index in [1.165, 1.54) is 0 Å². The molecule has 0 unspecified atom stereocenters. The summed E-state index contributed by atoms with van der Waals surface area (Å²) in [5.41, 5.74) is 0. The Labute approximate surface area is 95.1 Å². The zero-order valence-corrected chi connectivity index (χ0v) is 12.2. The third-order valence-electron chi connectivity index (χ3n) is 4.19. The Morgan fingerprint density at radius 2 is 1.80 bits per heavy atom. The largest absolute Gasteiger partial charge is 0.366 e. The number of rotatable bonds is 2. The van der Waals surface area contributed by atoms with Crippen LogP contribution >= 0.6 is 0 Å². The van der Waals surface area contributed by atoms with Crippen molar-refractivity contribution in [3.8, 4) is 0 Å². The van der Waals surface area contributed by atoms with Crippen LogP contribution in [-0.4, -0.2) is 24.7 Å². The van der Waals surface area contributed by atoms with Crippen LogP contribution in [0.3, 0.4) is 0 Å². The van der Waals surface area contributed by atoms with Gasteiger partial charge in [-0.1, -0.05) is 47.7 Å². The molecule has 3 heteroatoms. The Morgan fingerprint density at radius 1 is 1.33 bits per heavy atom. The molecule has 1 aliphatic rings. The highest BCUT2D eigenvalue weighted by atomic mass is 28.3. The van der Waals surface area contributed by atoms with Gasteiger partial charge in [0.05, 0.1) is 0 Å². The van der Waals surface area contributed by atoms with Crippen LogP contribution in [0.15, 0.2) is 0 Å². The first-order valence-corrected chi connectivity index (χ1v) is 8.86. The quantitative estimate of drug-likeness (QED) is 0.524. The highest BCUT2D eigenvalue weighted by molar-refractivity contribution is 6.79. The van der Waals surface area contributed by atoms with Crippen molar-refractivity contribution in [2.75, 3.05) is 0 Å². The molecule has 0 aromatic carbocycles. The molecule has 1 aliphatic heterocycles. The van der Waals surface area contributed by atoms with E-state index in [1.54, 1.807) is 0 Å². The summed E-state index contributed by atoms with van der Waals surface area (Å²) in [6, 6.07) is 0.499. The number of carbonyl (C=O) groups is 1. The van der Waals surface area contributed by atoms with Crippen molar-refractivity contribution in [2.45, 2.75) is 65.2 Å². The second-order valence-corrected chi connectivity index (χ2v) is 11.7. The van der Waals surface area contributed by atoms with E-state index in [4.69, 9.17) is 0 Å². The summed E-state index contributed by atoms with van der Waals surface area (Å²) in [5, 5.41) is 0.260. The maximum absolute atomic E-state index is 11.8. The molecule has 1 atom stereocenters. The lowest BCUT2D eigenvalue weighted by molar-refractivity contribution is -0.140. The number of amides is 1. The van der Waals surface area contributed by atoms with Gasteiger partial charge >= 0.3 is 0 Å². The highest BCUT2D eigenvalue weighted by Gasteiger charge is 2.52. The van der Waals surface area contributed by atoms with Gasteiger partial charge in [0.25, 0.3) is 0 Å². The van der Waals surface area contributed by atoms with E-state index >= 15 is 0 Å². The predicted octanol–water partition coefficient (Wildman–Crippen LogP) is 3.25. The van der Waals surface area contributed by atoms with Crippen LogP contribution in [0, 0.1) is 5.92 Å². The van der Waals surface area contributed by atoms with Crippen molar-refractivity contribution in [1.82, 2.24) is 4.57 Å². The van der Waals surface area contributed by atoms with Crippen LogP contribution in [-0.2, 0) is 4.79 Å². The van der Waals surface area contributed by atoms with Crippen LogP contribution in [0.1, 0.15) is 41.0 Å². The summed E-state index contributed by atoms with van der Waals surface area (Å²) >= 11 is 0. The van der Waals surface area contributed by atoms with E-state index in [2.05, 4.69) is 52.3 Å². The first kappa shape index (κ1) is 12.8. The summed E-state index contributed by atoms with van der Waals surface area (Å²) < 4.78 is 2.23. The average molecular weight is 227 g/mol. The molecule has 0 saturated carbocycles. The van der Waals surface area contributed by atoms with E-state index in [1.807, 2.05) is 0 Å². The molecule has 88 valence electrons. The summed E-state index contributed by atoms with van der Waals surface area (Å²) in [6.45, 7) is 15.9. The van der Waals surface area contributed by atoms with Crippen LogP contribution in [0.25, 0.3) is 0 Å². The molecule has 0 N–H and O–H groups in total.